The monoisotopic (exact) mass is 1000 g/mol. The van der Waals surface area contributed by atoms with Crippen LogP contribution in [0.15, 0.2) is 96.5 Å². The van der Waals surface area contributed by atoms with E-state index in [1.165, 1.54) is 4.90 Å². The summed E-state index contributed by atoms with van der Waals surface area (Å²) in [6.07, 6.45) is -1.03. The van der Waals surface area contributed by atoms with Gasteiger partial charge in [0.1, 0.15) is 49.0 Å². The molecule has 14 nitrogen and oxygen atoms in total. The predicted octanol–water partition coefficient (Wildman–Crippen LogP) is 8.69. The topological polar surface area (TPSA) is 192 Å². The van der Waals surface area contributed by atoms with Crippen LogP contribution in [0.3, 0.4) is 0 Å². The lowest BCUT2D eigenvalue weighted by Gasteiger charge is -2.63. The number of rotatable bonds is 17. The standard InChI is InChI=1S/C55H63ClN6O8S/c1-32(34-10-14-37(15-11-34)46-33(2)58-31-71-46)59-49(66)44-26-40(63)29-62(44)50(67)47(53(3,4)5)60-45(64)30-68-24-25-69-41-21-18-36(19-22-41)35-12-16-38(17-13-35)48(65)61-51-54(6,7)52(55(51,8)9)70-42-23-20-39(28-57)43(56)27-42/h10-23,27,31-32,40,44,47,51-52,63H,24-26,29-30H2,1-9H3,(H,59,66)(H,60,64)(H,61,65)/t32-,40+,44-,47?,51?,52?/m0/s1. The van der Waals surface area contributed by atoms with Crippen LogP contribution in [0.1, 0.15) is 95.0 Å². The Bertz CT molecular complexity index is 2750. The van der Waals surface area contributed by atoms with E-state index in [9.17, 15) is 29.5 Å². The first-order valence-corrected chi connectivity index (χ1v) is 25.0. The number of ether oxygens (including phenoxy) is 3. The SMILES string of the molecule is Cc1ncsc1-c1ccc([C@H](C)NC(=O)[C@@H]2C[C@@H](O)CN2C(=O)C(NC(=O)COCCOc2ccc(-c3ccc(C(=O)NC4C(C)(C)C(Oc5ccc(C#N)c(Cl)c5)C4(C)C)cc3)cc2)C(C)(C)C)cc1. The van der Waals surface area contributed by atoms with Crippen LogP contribution in [0.5, 0.6) is 11.5 Å². The summed E-state index contributed by atoms with van der Waals surface area (Å²) >= 11 is 7.82. The lowest BCUT2D eigenvalue weighted by molar-refractivity contribution is -0.164. The third-order valence-electron chi connectivity index (χ3n) is 13.6. The molecule has 16 heteroatoms. The first kappa shape index (κ1) is 52.5. The lowest BCUT2D eigenvalue weighted by Crippen LogP contribution is -2.74. The summed E-state index contributed by atoms with van der Waals surface area (Å²) in [5.74, 6) is -0.350. The van der Waals surface area contributed by atoms with E-state index in [0.29, 0.717) is 27.6 Å². The number of carbonyl (C=O) groups excluding carboxylic acids is 4. The van der Waals surface area contributed by atoms with Gasteiger partial charge in [-0.05, 0) is 77.9 Å². The van der Waals surface area contributed by atoms with Crippen LogP contribution in [-0.4, -0.2) is 95.3 Å². The highest BCUT2D eigenvalue weighted by Crippen LogP contribution is 2.55. The minimum atomic E-state index is -0.993. The quantitative estimate of drug-likeness (QED) is 0.0656. The highest BCUT2D eigenvalue weighted by atomic mass is 35.5. The van der Waals surface area contributed by atoms with Crippen molar-refractivity contribution in [1.29, 1.82) is 5.26 Å². The Morgan fingerprint density at radius 1 is 0.901 bits per heavy atom. The molecule has 2 aliphatic rings. The number of amides is 4. The molecule has 71 heavy (non-hydrogen) atoms. The zero-order valence-electron chi connectivity index (χ0n) is 41.7. The molecule has 5 aromatic rings. The van der Waals surface area contributed by atoms with E-state index in [-0.39, 0.29) is 62.8 Å². The van der Waals surface area contributed by atoms with Crippen molar-refractivity contribution in [3.05, 3.63) is 124 Å². The van der Waals surface area contributed by atoms with Gasteiger partial charge < -0.3 is 40.2 Å². The number of nitrogens with zero attached hydrogens (tertiary/aromatic N) is 3. The Hall–Kier alpha value is -6.31. The first-order chi connectivity index (χ1) is 33.6. The van der Waals surface area contributed by atoms with Gasteiger partial charge in [-0.2, -0.15) is 5.26 Å². The van der Waals surface area contributed by atoms with Crippen LogP contribution in [0.4, 0.5) is 0 Å². The maximum Gasteiger partial charge on any atom is 0.251 e. The molecular weight excluding hydrogens is 940 g/mol. The fraction of sp³-hybridized carbons (Fsp3) is 0.418. The van der Waals surface area contributed by atoms with Gasteiger partial charge in [0.15, 0.2) is 0 Å². The zero-order valence-corrected chi connectivity index (χ0v) is 43.2. The number of halogens is 1. The second-order valence-corrected chi connectivity index (χ2v) is 21.9. The number of aromatic nitrogens is 1. The smallest absolute Gasteiger partial charge is 0.251 e. The third-order valence-corrected chi connectivity index (χ3v) is 14.8. The number of likely N-dealkylation sites (tertiary alicyclic amines) is 1. The van der Waals surface area contributed by atoms with E-state index < -0.39 is 46.2 Å². The van der Waals surface area contributed by atoms with E-state index in [1.807, 2.05) is 101 Å². The molecule has 1 aliphatic heterocycles. The van der Waals surface area contributed by atoms with Crippen molar-refractivity contribution in [2.45, 2.75) is 105 Å². The number of carbonyl (C=O) groups is 4. The number of aliphatic hydroxyl groups is 1. The Kier molecular flexibility index (Phi) is 16.0. The largest absolute Gasteiger partial charge is 0.491 e. The molecule has 0 bridgehead atoms. The number of β-amino-alcohol motifs (C(OH)–C–C–N with tert-alkyl or cyclic N) is 1. The number of nitriles is 1. The molecule has 1 saturated carbocycles. The average molecular weight is 1000 g/mol. The summed E-state index contributed by atoms with van der Waals surface area (Å²) in [6, 6.07) is 27.4. The van der Waals surface area contributed by atoms with Gasteiger partial charge in [0.25, 0.3) is 5.91 Å². The van der Waals surface area contributed by atoms with Crippen molar-refractivity contribution < 1.29 is 38.5 Å². The van der Waals surface area contributed by atoms with Crippen molar-refractivity contribution in [2.75, 3.05) is 26.4 Å². The highest BCUT2D eigenvalue weighted by molar-refractivity contribution is 7.13. The third kappa shape index (κ3) is 11.9. The number of thiazole rings is 1. The lowest BCUT2D eigenvalue weighted by atomic mass is 9.49. The molecule has 4 atom stereocenters. The second-order valence-electron chi connectivity index (χ2n) is 20.7. The zero-order chi connectivity index (χ0) is 51.4. The summed E-state index contributed by atoms with van der Waals surface area (Å²) in [5.41, 5.74) is 5.94. The second kappa shape index (κ2) is 21.6. The molecule has 0 spiro atoms. The molecule has 4 N–H and O–H groups in total. The minimum absolute atomic E-state index is 0.0341. The van der Waals surface area contributed by atoms with Gasteiger partial charge in [0.2, 0.25) is 17.7 Å². The Balaban J connectivity index is 0.847. The molecular formula is C55H63ClN6O8S. The van der Waals surface area contributed by atoms with E-state index in [2.05, 4.69) is 54.7 Å². The molecule has 2 heterocycles. The Morgan fingerprint density at radius 2 is 1.52 bits per heavy atom. The molecule has 4 aromatic carbocycles. The summed E-state index contributed by atoms with van der Waals surface area (Å²) in [7, 11) is 0. The number of aryl methyl sites for hydroxylation is 1. The maximum atomic E-state index is 14.1. The molecule has 7 rings (SSSR count). The van der Waals surface area contributed by atoms with Gasteiger partial charge >= 0.3 is 0 Å². The fourth-order valence-electron chi connectivity index (χ4n) is 9.97. The maximum absolute atomic E-state index is 14.1. The van der Waals surface area contributed by atoms with Gasteiger partial charge in [-0.1, -0.05) is 109 Å². The van der Waals surface area contributed by atoms with Crippen LogP contribution in [0, 0.1) is 34.5 Å². The van der Waals surface area contributed by atoms with Crippen LogP contribution in [-0.2, 0) is 19.1 Å². The van der Waals surface area contributed by atoms with E-state index >= 15 is 0 Å². The van der Waals surface area contributed by atoms with Crippen molar-refractivity contribution in [3.63, 3.8) is 0 Å². The van der Waals surface area contributed by atoms with Crippen LogP contribution < -0.4 is 25.4 Å². The van der Waals surface area contributed by atoms with Gasteiger partial charge in [-0.25, -0.2) is 4.98 Å². The average Bonchev–Trinajstić information content (AvgIpc) is 3.96. The van der Waals surface area contributed by atoms with Crippen molar-refractivity contribution in [1.82, 2.24) is 25.8 Å². The molecule has 2 fully saturated rings. The molecule has 1 saturated heterocycles. The minimum Gasteiger partial charge on any atom is -0.491 e. The summed E-state index contributed by atoms with van der Waals surface area (Å²) < 4.78 is 17.9. The Labute approximate surface area is 425 Å². The van der Waals surface area contributed by atoms with Gasteiger partial charge in [-0.15, -0.1) is 11.3 Å². The van der Waals surface area contributed by atoms with Gasteiger partial charge in [0, 0.05) is 41.5 Å². The van der Waals surface area contributed by atoms with Crippen molar-refractivity contribution in [3.8, 4) is 39.1 Å². The molecule has 4 amide bonds. The predicted molar refractivity (Wildman–Crippen MR) is 274 cm³/mol. The van der Waals surface area contributed by atoms with E-state index in [1.54, 1.807) is 41.7 Å². The molecule has 1 aliphatic carbocycles. The van der Waals surface area contributed by atoms with Gasteiger partial charge in [-0.3, -0.25) is 19.2 Å². The molecule has 0 radical (unpaired) electrons. The fourth-order valence-corrected chi connectivity index (χ4v) is 11.0. The Morgan fingerprint density at radius 3 is 2.11 bits per heavy atom. The van der Waals surface area contributed by atoms with Crippen LogP contribution in [0.25, 0.3) is 21.6 Å². The molecule has 1 aromatic heterocycles. The highest BCUT2D eigenvalue weighted by Gasteiger charge is 2.64. The number of aliphatic hydroxyl groups excluding tert-OH is 1. The number of benzene rings is 4. The molecule has 1 unspecified atom stereocenters. The molecule has 374 valence electrons. The summed E-state index contributed by atoms with van der Waals surface area (Å²) in [4.78, 5) is 61.2. The van der Waals surface area contributed by atoms with Crippen molar-refractivity contribution in [2.24, 2.45) is 16.2 Å². The van der Waals surface area contributed by atoms with E-state index in [4.69, 9.17) is 25.8 Å². The number of hydrogen-bond acceptors (Lipinski definition) is 11. The van der Waals surface area contributed by atoms with Crippen LogP contribution >= 0.6 is 22.9 Å². The normalized spacial score (nSPS) is 19.9. The van der Waals surface area contributed by atoms with Crippen molar-refractivity contribution >= 4 is 46.6 Å². The van der Waals surface area contributed by atoms with Gasteiger partial charge in [0.05, 0.1) is 45.4 Å². The first-order valence-electron chi connectivity index (χ1n) is 23.8. The van der Waals surface area contributed by atoms with Crippen LogP contribution in [0.2, 0.25) is 5.02 Å². The van der Waals surface area contributed by atoms with E-state index in [0.717, 1.165) is 32.8 Å². The summed E-state index contributed by atoms with van der Waals surface area (Å²) in [6.45, 7) is 17.5. The summed E-state index contributed by atoms with van der Waals surface area (Å²) in [5, 5.41) is 29.3. The number of hydrogen-bond donors (Lipinski definition) is 4. The number of nitrogens with one attached hydrogen (secondary N) is 3.